The highest BCUT2D eigenvalue weighted by Crippen LogP contribution is 2.27. The molecule has 2 amide bonds. The summed E-state index contributed by atoms with van der Waals surface area (Å²) in [6, 6.07) is 9.19. The number of thioether (sulfide) groups is 1. The van der Waals surface area contributed by atoms with Crippen molar-refractivity contribution in [3.63, 3.8) is 0 Å². The molecule has 0 aliphatic carbocycles. The van der Waals surface area contributed by atoms with Gasteiger partial charge in [0.05, 0.1) is 6.07 Å². The Morgan fingerprint density at radius 3 is 2.68 bits per heavy atom. The molecule has 0 radical (unpaired) electrons. The summed E-state index contributed by atoms with van der Waals surface area (Å²) in [4.78, 5) is 23.8. The van der Waals surface area contributed by atoms with Crippen LogP contribution in [0.1, 0.15) is 23.2 Å². The first-order valence-corrected chi connectivity index (χ1v) is 8.83. The monoisotopic (exact) mass is 381 g/mol. The van der Waals surface area contributed by atoms with Gasteiger partial charge in [-0.1, -0.05) is 15.9 Å². The topological polar surface area (TPSA) is 82.0 Å². The van der Waals surface area contributed by atoms with Crippen LogP contribution in [0.3, 0.4) is 0 Å². The molecule has 1 fully saturated rings. The molecule has 22 heavy (non-hydrogen) atoms. The maximum absolute atomic E-state index is 11.9. The number of amides is 2. The number of hydrogen-bond donors (Lipinski definition) is 2. The van der Waals surface area contributed by atoms with E-state index in [4.69, 9.17) is 0 Å². The molecule has 5 nitrogen and oxygen atoms in total. The molecule has 1 saturated heterocycles. The molecule has 0 bridgehead atoms. The first-order valence-electron chi connectivity index (χ1n) is 6.88. The first-order chi connectivity index (χ1) is 10.5. The Hall–Kier alpha value is -1.52. The van der Waals surface area contributed by atoms with Crippen molar-refractivity contribution in [1.29, 1.82) is 5.26 Å². The van der Waals surface area contributed by atoms with E-state index in [1.54, 1.807) is 36.0 Å². The highest BCUT2D eigenvalue weighted by Gasteiger charge is 2.35. The van der Waals surface area contributed by atoms with Crippen molar-refractivity contribution in [2.24, 2.45) is 0 Å². The van der Waals surface area contributed by atoms with Crippen molar-refractivity contribution in [3.05, 3.63) is 34.3 Å². The van der Waals surface area contributed by atoms with Gasteiger partial charge in [-0.2, -0.15) is 17.0 Å². The van der Waals surface area contributed by atoms with E-state index in [2.05, 4.69) is 32.6 Å². The Balaban J connectivity index is 1.76. The Labute approximate surface area is 142 Å². The fourth-order valence-corrected chi connectivity index (χ4v) is 3.63. The smallest absolute Gasteiger partial charge is 0.251 e. The number of carbonyl (C=O) groups excluding carboxylic acids is 2. The average molecular weight is 382 g/mol. The fraction of sp³-hybridized carbons (Fsp3) is 0.400. The molecular weight excluding hydrogens is 366 g/mol. The van der Waals surface area contributed by atoms with Crippen LogP contribution in [0.5, 0.6) is 0 Å². The summed E-state index contributed by atoms with van der Waals surface area (Å²) in [5.41, 5.74) is -0.193. The van der Waals surface area contributed by atoms with Gasteiger partial charge in [0.2, 0.25) is 5.91 Å². The summed E-state index contributed by atoms with van der Waals surface area (Å²) in [7, 11) is 0. The second-order valence-electron chi connectivity index (χ2n) is 5.06. The van der Waals surface area contributed by atoms with E-state index in [1.807, 2.05) is 0 Å². The molecule has 0 aromatic heterocycles. The molecule has 1 unspecified atom stereocenters. The summed E-state index contributed by atoms with van der Waals surface area (Å²) in [5.74, 6) is 1.08. The van der Waals surface area contributed by atoms with E-state index in [1.165, 1.54) is 0 Å². The van der Waals surface area contributed by atoms with Gasteiger partial charge in [-0.15, -0.1) is 0 Å². The molecule has 1 aliphatic rings. The summed E-state index contributed by atoms with van der Waals surface area (Å²) in [6.07, 6.45) is 0.835. The molecule has 1 atom stereocenters. The van der Waals surface area contributed by atoms with E-state index in [0.29, 0.717) is 17.7 Å². The van der Waals surface area contributed by atoms with Crippen molar-refractivity contribution in [2.75, 3.05) is 18.1 Å². The predicted octanol–water partition coefficient (Wildman–Crippen LogP) is 2.08. The third-order valence-corrected chi connectivity index (χ3v) is 5.08. The number of nitrogens with one attached hydrogen (secondary N) is 2. The maximum Gasteiger partial charge on any atom is 0.251 e. The highest BCUT2D eigenvalue weighted by molar-refractivity contribution is 9.10. The van der Waals surface area contributed by atoms with Gasteiger partial charge in [0.15, 0.2) is 0 Å². The Morgan fingerprint density at radius 1 is 1.36 bits per heavy atom. The third kappa shape index (κ3) is 4.49. The quantitative estimate of drug-likeness (QED) is 0.817. The van der Waals surface area contributed by atoms with E-state index in [-0.39, 0.29) is 24.8 Å². The zero-order valence-electron chi connectivity index (χ0n) is 11.9. The molecule has 2 rings (SSSR count). The molecule has 7 heteroatoms. The van der Waals surface area contributed by atoms with Crippen molar-refractivity contribution in [1.82, 2.24) is 10.6 Å². The molecule has 0 saturated carbocycles. The highest BCUT2D eigenvalue weighted by atomic mass is 79.9. The van der Waals surface area contributed by atoms with Crippen molar-refractivity contribution in [3.8, 4) is 6.07 Å². The lowest BCUT2D eigenvalue weighted by atomic mass is 10.0. The van der Waals surface area contributed by atoms with Gasteiger partial charge in [-0.25, -0.2) is 0 Å². The van der Waals surface area contributed by atoms with Crippen LogP contribution in [0.15, 0.2) is 28.7 Å². The van der Waals surface area contributed by atoms with Gasteiger partial charge in [-0.3, -0.25) is 9.59 Å². The minimum atomic E-state index is -0.739. The Bertz CT molecular complexity index is 592. The lowest BCUT2D eigenvalue weighted by molar-refractivity contribution is -0.122. The number of nitriles is 1. The standard InChI is InChI=1S/C15H16BrN3O2S/c16-12-3-1-11(2-4-12)14(21)18-7-5-13(20)19-15(9-17)6-8-22-10-15/h1-4H,5-8,10H2,(H,18,21)(H,19,20). The minimum absolute atomic E-state index is 0.163. The number of benzene rings is 1. The summed E-state index contributed by atoms with van der Waals surface area (Å²) >= 11 is 4.97. The summed E-state index contributed by atoms with van der Waals surface area (Å²) in [5, 5.41) is 14.7. The number of halogens is 1. The summed E-state index contributed by atoms with van der Waals surface area (Å²) < 4.78 is 0.902. The zero-order valence-corrected chi connectivity index (χ0v) is 14.3. The van der Waals surface area contributed by atoms with Gasteiger partial charge < -0.3 is 10.6 Å². The number of rotatable bonds is 5. The van der Waals surface area contributed by atoms with E-state index >= 15 is 0 Å². The molecule has 116 valence electrons. The van der Waals surface area contributed by atoms with Crippen LogP contribution < -0.4 is 10.6 Å². The SMILES string of the molecule is N#CC1(NC(=O)CCNC(=O)c2ccc(Br)cc2)CCSC1. The largest absolute Gasteiger partial charge is 0.352 e. The molecular formula is C15H16BrN3O2S. The van der Waals surface area contributed by atoms with Crippen LogP contribution in [0.4, 0.5) is 0 Å². The number of hydrogen-bond acceptors (Lipinski definition) is 4. The predicted molar refractivity (Wildman–Crippen MR) is 89.5 cm³/mol. The van der Waals surface area contributed by atoms with Gasteiger partial charge in [0.1, 0.15) is 5.54 Å². The molecule has 2 N–H and O–H groups in total. The van der Waals surface area contributed by atoms with Crippen LogP contribution in [-0.2, 0) is 4.79 Å². The zero-order chi connectivity index (χ0) is 16.0. The van der Waals surface area contributed by atoms with E-state index < -0.39 is 5.54 Å². The molecule has 0 spiro atoms. The van der Waals surface area contributed by atoms with Gasteiger partial charge in [0.25, 0.3) is 5.91 Å². The molecule has 1 aliphatic heterocycles. The Kier molecular flexibility index (Phi) is 5.86. The van der Waals surface area contributed by atoms with Crippen LogP contribution in [0.25, 0.3) is 0 Å². The van der Waals surface area contributed by atoms with E-state index in [9.17, 15) is 14.9 Å². The molecule has 1 aromatic carbocycles. The number of nitrogens with zero attached hydrogens (tertiary/aromatic N) is 1. The van der Waals surface area contributed by atoms with Crippen LogP contribution in [-0.4, -0.2) is 35.4 Å². The lowest BCUT2D eigenvalue weighted by Gasteiger charge is -2.21. The third-order valence-electron chi connectivity index (χ3n) is 3.36. The van der Waals surface area contributed by atoms with Gasteiger partial charge >= 0.3 is 0 Å². The molecule has 1 aromatic rings. The van der Waals surface area contributed by atoms with E-state index in [0.717, 1.165) is 10.2 Å². The van der Waals surface area contributed by atoms with Crippen LogP contribution in [0, 0.1) is 11.3 Å². The molecule has 1 heterocycles. The maximum atomic E-state index is 11.9. The number of carbonyl (C=O) groups is 2. The summed E-state index contributed by atoms with van der Waals surface area (Å²) in [6.45, 7) is 0.245. The minimum Gasteiger partial charge on any atom is -0.352 e. The van der Waals surface area contributed by atoms with Crippen LogP contribution >= 0.6 is 27.7 Å². The lowest BCUT2D eigenvalue weighted by Crippen LogP contribution is -2.48. The van der Waals surface area contributed by atoms with Crippen molar-refractivity contribution < 1.29 is 9.59 Å². The van der Waals surface area contributed by atoms with Crippen molar-refractivity contribution in [2.45, 2.75) is 18.4 Å². The van der Waals surface area contributed by atoms with Gasteiger partial charge in [0, 0.05) is 28.8 Å². The average Bonchev–Trinajstić information content (AvgIpc) is 2.97. The van der Waals surface area contributed by atoms with Crippen LogP contribution in [0.2, 0.25) is 0 Å². The Morgan fingerprint density at radius 2 is 2.09 bits per heavy atom. The fourth-order valence-electron chi connectivity index (χ4n) is 2.10. The van der Waals surface area contributed by atoms with Crippen molar-refractivity contribution >= 4 is 39.5 Å². The first kappa shape index (κ1) is 16.8. The second kappa shape index (κ2) is 7.65. The van der Waals surface area contributed by atoms with Gasteiger partial charge in [-0.05, 0) is 36.4 Å². The normalized spacial score (nSPS) is 20.2. The second-order valence-corrected chi connectivity index (χ2v) is 7.08.